The molecule has 0 bridgehead atoms. The van der Waals surface area contributed by atoms with Crippen LogP contribution in [0.25, 0.3) is 0 Å². The van der Waals surface area contributed by atoms with Crippen LogP contribution in [-0.2, 0) is 4.79 Å². The third-order valence-corrected chi connectivity index (χ3v) is 24.3. The van der Waals surface area contributed by atoms with Crippen LogP contribution in [-0.4, -0.2) is 29.4 Å². The Balaban J connectivity index is 0.000000434. The second-order valence-corrected chi connectivity index (χ2v) is 24.9. The van der Waals surface area contributed by atoms with Crippen LogP contribution in [0.2, 0.25) is 13.3 Å². The molecule has 1 fully saturated rings. The third-order valence-electron chi connectivity index (χ3n) is 8.63. The molecule has 0 aromatic heterocycles. The van der Waals surface area contributed by atoms with Gasteiger partial charge in [0.2, 0.25) is 0 Å². The van der Waals surface area contributed by atoms with Crippen molar-refractivity contribution in [3.63, 3.8) is 0 Å². The Morgan fingerprint density at radius 2 is 1.20 bits per heavy atom. The van der Waals surface area contributed by atoms with Gasteiger partial charge < -0.3 is 5.11 Å². The van der Waals surface area contributed by atoms with Crippen molar-refractivity contribution in [3.05, 3.63) is 95.6 Å². The molecule has 2 atom stereocenters. The quantitative estimate of drug-likeness (QED) is 0.133. The summed E-state index contributed by atoms with van der Waals surface area (Å²) in [6.07, 6.45) is 8.67. The summed E-state index contributed by atoms with van der Waals surface area (Å²) in [6.45, 7) is 12.8. The Morgan fingerprint density at radius 1 is 0.750 bits per heavy atom. The number of aliphatic hydroxyl groups excluding tert-OH is 1. The molecule has 1 N–H and O–H groups in total. The summed E-state index contributed by atoms with van der Waals surface area (Å²) in [5.41, 5.74) is 2.76. The zero-order chi connectivity index (χ0) is 32.5. The Kier molecular flexibility index (Phi) is 17.2. The summed E-state index contributed by atoms with van der Waals surface area (Å²) in [6, 6.07) is 21.6. The number of carbonyl (C=O) groups is 1. The fourth-order valence-corrected chi connectivity index (χ4v) is 21.9. The summed E-state index contributed by atoms with van der Waals surface area (Å²) < 4.78 is 31.8. The summed E-state index contributed by atoms with van der Waals surface area (Å²) in [7, 11) is 0. The summed E-state index contributed by atoms with van der Waals surface area (Å²) in [5.74, 6) is -0.423. The van der Waals surface area contributed by atoms with Crippen LogP contribution in [0.3, 0.4) is 0 Å². The monoisotopic (exact) mass is 715 g/mol. The van der Waals surface area contributed by atoms with E-state index in [1.54, 1.807) is 27.8 Å². The van der Waals surface area contributed by atoms with Crippen molar-refractivity contribution >= 4 is 33.6 Å². The van der Waals surface area contributed by atoms with Crippen LogP contribution < -0.4 is 8.48 Å². The van der Waals surface area contributed by atoms with E-state index >= 15 is 0 Å². The SMILES string of the molecule is CC.CCC(O)c1ccc(F)cc1.CCC[CH2][Sn]([CH2]CCC)([CH2]CCC)[c]1ccc(C2CC(=O)N2c2ccc(F)cc2)cc1. The van der Waals surface area contributed by atoms with Gasteiger partial charge in [0, 0.05) is 0 Å². The molecule has 1 saturated heterocycles. The average molecular weight is 715 g/mol. The van der Waals surface area contributed by atoms with Gasteiger partial charge >= 0.3 is 193 Å². The van der Waals surface area contributed by atoms with Crippen LogP contribution in [0.1, 0.15) is 116 Å². The van der Waals surface area contributed by atoms with Gasteiger partial charge in [-0.05, 0) is 24.1 Å². The molecule has 3 aromatic carbocycles. The van der Waals surface area contributed by atoms with Gasteiger partial charge in [0.05, 0.1) is 6.10 Å². The molecule has 1 amide bonds. The second kappa shape index (κ2) is 20.0. The van der Waals surface area contributed by atoms with E-state index < -0.39 is 24.5 Å². The van der Waals surface area contributed by atoms with Gasteiger partial charge in [-0.15, -0.1) is 0 Å². The normalized spacial score (nSPS) is 15.0. The van der Waals surface area contributed by atoms with Crippen LogP contribution in [0.5, 0.6) is 0 Å². The minimum atomic E-state index is -2.42. The van der Waals surface area contributed by atoms with E-state index in [1.807, 2.05) is 25.7 Å². The molecular weight excluding hydrogens is 659 g/mol. The molecule has 1 aliphatic rings. The Morgan fingerprint density at radius 3 is 1.61 bits per heavy atom. The molecule has 44 heavy (non-hydrogen) atoms. The van der Waals surface area contributed by atoms with Crippen molar-refractivity contribution in [2.75, 3.05) is 4.90 Å². The maximum atomic E-state index is 13.3. The molecule has 0 aliphatic carbocycles. The summed E-state index contributed by atoms with van der Waals surface area (Å²) in [5, 5.41) is 9.30. The number of hydrogen-bond acceptors (Lipinski definition) is 2. The number of nitrogens with zero attached hydrogens (tertiary/aromatic N) is 1. The number of halogens is 2. The topological polar surface area (TPSA) is 40.5 Å². The van der Waals surface area contributed by atoms with Crippen LogP contribution in [0, 0.1) is 11.6 Å². The van der Waals surface area contributed by atoms with Gasteiger partial charge in [-0.1, -0.05) is 32.9 Å². The standard InChI is InChI=1S/C15H11FNO.C9H11FO.3C4H9.C2H6.Sn/c16-12-6-8-13(9-7-12)17-14(10-15(17)18)11-4-2-1-3-5-11;1-2-9(11)7-3-5-8(10)6-4-7;3*1-3-4-2;1-2;/h2-9,14H,10H2;3-6,9,11H,2H2,1H3;3*1,3-4H2,2H3;1-2H3;. The average Bonchev–Trinajstić information content (AvgIpc) is 3.06. The fraction of sp³-hybridized carbons (Fsp3) is 0.500. The van der Waals surface area contributed by atoms with E-state index in [-0.39, 0.29) is 23.6 Å². The first-order valence-corrected chi connectivity index (χ1v) is 24.4. The molecule has 0 spiro atoms. The van der Waals surface area contributed by atoms with E-state index in [1.165, 1.54) is 81.7 Å². The number of hydrogen-bond donors (Lipinski definition) is 1. The number of unbranched alkanes of at least 4 members (excludes halogenated alkanes) is 3. The molecule has 2 unspecified atom stereocenters. The molecule has 1 heterocycles. The van der Waals surface area contributed by atoms with Crippen molar-refractivity contribution in [3.8, 4) is 0 Å². The fourth-order valence-electron chi connectivity index (χ4n) is 5.94. The Hall–Kier alpha value is -2.25. The molecule has 3 aromatic rings. The third kappa shape index (κ3) is 10.7. The second-order valence-electron chi connectivity index (χ2n) is 11.6. The van der Waals surface area contributed by atoms with E-state index in [0.29, 0.717) is 12.8 Å². The van der Waals surface area contributed by atoms with Crippen molar-refractivity contribution in [2.24, 2.45) is 0 Å². The van der Waals surface area contributed by atoms with E-state index in [0.717, 1.165) is 11.3 Å². The first-order chi connectivity index (χ1) is 21.3. The van der Waals surface area contributed by atoms with Gasteiger partial charge in [-0.25, -0.2) is 4.39 Å². The van der Waals surface area contributed by atoms with Crippen molar-refractivity contribution < 1.29 is 18.7 Å². The Labute approximate surface area is 270 Å². The molecule has 4 rings (SSSR count). The number of β-lactam (4-membered cyclic amide) rings is 1. The van der Waals surface area contributed by atoms with Gasteiger partial charge in [0.15, 0.2) is 0 Å². The number of anilines is 1. The predicted molar refractivity (Wildman–Crippen MR) is 185 cm³/mol. The molecule has 3 nitrogen and oxygen atoms in total. The predicted octanol–water partition coefficient (Wildman–Crippen LogP) is 10.7. The van der Waals surface area contributed by atoms with Gasteiger partial charge in [-0.2, -0.15) is 0 Å². The molecule has 6 heteroatoms. The van der Waals surface area contributed by atoms with Crippen molar-refractivity contribution in [2.45, 2.75) is 118 Å². The molecular formula is C38H55F2NO2Sn. The summed E-state index contributed by atoms with van der Waals surface area (Å²) >= 11 is -2.42. The van der Waals surface area contributed by atoms with Crippen molar-refractivity contribution in [1.82, 2.24) is 0 Å². The molecule has 1 aliphatic heterocycles. The zero-order valence-electron chi connectivity index (χ0n) is 27.9. The number of carbonyl (C=O) groups excluding carboxylic acids is 1. The molecule has 0 saturated carbocycles. The maximum absolute atomic E-state index is 13.3. The summed E-state index contributed by atoms with van der Waals surface area (Å²) in [4.78, 5) is 14.1. The first-order valence-electron chi connectivity index (χ1n) is 16.9. The zero-order valence-corrected chi connectivity index (χ0v) is 30.8. The van der Waals surface area contributed by atoms with Crippen LogP contribution in [0.4, 0.5) is 14.5 Å². The van der Waals surface area contributed by atoms with Gasteiger partial charge in [0.25, 0.3) is 0 Å². The van der Waals surface area contributed by atoms with Gasteiger partial charge in [0.1, 0.15) is 5.82 Å². The van der Waals surface area contributed by atoms with Crippen LogP contribution in [0.15, 0.2) is 72.8 Å². The van der Waals surface area contributed by atoms with Gasteiger partial charge in [-0.3, -0.25) is 0 Å². The first kappa shape index (κ1) is 37.9. The number of amides is 1. The number of rotatable bonds is 14. The van der Waals surface area contributed by atoms with E-state index in [2.05, 4.69) is 45.0 Å². The van der Waals surface area contributed by atoms with Crippen LogP contribution >= 0.6 is 0 Å². The molecule has 0 radical (unpaired) electrons. The van der Waals surface area contributed by atoms with E-state index in [4.69, 9.17) is 0 Å². The number of benzene rings is 3. The molecule has 242 valence electrons. The number of aliphatic hydroxyl groups is 1. The van der Waals surface area contributed by atoms with E-state index in [9.17, 15) is 18.7 Å². The minimum absolute atomic E-state index is 0.0681. The Bertz CT molecular complexity index is 1190. The van der Waals surface area contributed by atoms with Crippen molar-refractivity contribution in [1.29, 1.82) is 0 Å².